The molecule has 0 aromatic carbocycles. The maximum Gasteiger partial charge on any atom is 0.246 e. The van der Waals surface area contributed by atoms with E-state index in [9.17, 15) is 14.4 Å². The Balaban J connectivity index is 0. The van der Waals surface area contributed by atoms with E-state index in [-0.39, 0.29) is 36.1 Å². The molecule has 0 radical (unpaired) electrons. The van der Waals surface area contributed by atoms with Gasteiger partial charge >= 0.3 is 0 Å². The van der Waals surface area contributed by atoms with Crippen LogP contribution in [-0.4, -0.2) is 42.2 Å². The van der Waals surface area contributed by atoms with Gasteiger partial charge < -0.3 is 26.9 Å². The van der Waals surface area contributed by atoms with Crippen LogP contribution in [0.2, 0.25) is 0 Å². The molecular formula is C18H36ClN5O3. The van der Waals surface area contributed by atoms with Crippen molar-refractivity contribution in [3.05, 3.63) is 0 Å². The summed E-state index contributed by atoms with van der Waals surface area (Å²) in [4.78, 5) is 40.3. The predicted molar refractivity (Wildman–Crippen MR) is 111 cm³/mol. The van der Waals surface area contributed by atoms with Crippen molar-refractivity contribution in [1.29, 1.82) is 0 Å². The van der Waals surface area contributed by atoms with Crippen LogP contribution >= 0.6 is 12.4 Å². The van der Waals surface area contributed by atoms with Gasteiger partial charge in [0, 0.05) is 13.0 Å². The standard InChI is InChI=1S/C18H35N5O3.ClH/c1-5-8-15(25)23-18(6-2,11-13(3)4)16(26)22-14(12-24)9-7-10-21-17(19)20;/h12-14H,5-11H2,1-4H3,(H,22,26)(H,23,25)(H4,19,20,21);1H/t14-,18-;/m0./s1. The lowest BCUT2D eigenvalue weighted by Crippen LogP contribution is -2.60. The molecule has 0 saturated heterocycles. The van der Waals surface area contributed by atoms with Crippen LogP contribution in [0, 0.1) is 5.92 Å². The lowest BCUT2D eigenvalue weighted by molar-refractivity contribution is -0.135. The number of nitrogens with one attached hydrogen (secondary N) is 2. The summed E-state index contributed by atoms with van der Waals surface area (Å²) in [6.07, 6.45) is 3.72. The number of nitrogens with zero attached hydrogens (tertiary/aromatic N) is 1. The second-order valence-electron chi connectivity index (χ2n) is 7.00. The Morgan fingerprint density at radius 2 is 1.85 bits per heavy atom. The molecule has 0 heterocycles. The maximum absolute atomic E-state index is 12.9. The third-order valence-electron chi connectivity index (χ3n) is 4.10. The molecule has 0 aliphatic heterocycles. The van der Waals surface area contributed by atoms with E-state index < -0.39 is 11.6 Å². The monoisotopic (exact) mass is 405 g/mol. The fraction of sp³-hybridized carbons (Fsp3) is 0.778. The number of hydrogen-bond donors (Lipinski definition) is 4. The molecule has 0 aromatic heterocycles. The summed E-state index contributed by atoms with van der Waals surface area (Å²) in [5, 5.41) is 5.67. The van der Waals surface area contributed by atoms with E-state index in [0.717, 1.165) is 0 Å². The van der Waals surface area contributed by atoms with Gasteiger partial charge in [0.05, 0.1) is 6.04 Å². The van der Waals surface area contributed by atoms with Crippen LogP contribution in [-0.2, 0) is 14.4 Å². The van der Waals surface area contributed by atoms with Gasteiger partial charge in [-0.1, -0.05) is 27.7 Å². The fourth-order valence-corrected chi connectivity index (χ4v) is 2.85. The van der Waals surface area contributed by atoms with Crippen LogP contribution in [0.4, 0.5) is 0 Å². The average Bonchev–Trinajstić information content (AvgIpc) is 2.56. The molecule has 0 spiro atoms. The molecule has 0 fully saturated rings. The molecule has 0 unspecified atom stereocenters. The highest BCUT2D eigenvalue weighted by Gasteiger charge is 2.39. The van der Waals surface area contributed by atoms with Crippen LogP contribution < -0.4 is 22.1 Å². The molecule has 0 aliphatic rings. The second kappa shape index (κ2) is 14.3. The van der Waals surface area contributed by atoms with E-state index in [0.29, 0.717) is 51.4 Å². The highest BCUT2D eigenvalue weighted by atomic mass is 35.5. The number of guanidine groups is 1. The molecule has 0 aliphatic carbocycles. The third-order valence-corrected chi connectivity index (χ3v) is 4.10. The first-order chi connectivity index (χ1) is 12.2. The average molecular weight is 406 g/mol. The van der Waals surface area contributed by atoms with E-state index in [2.05, 4.69) is 15.6 Å². The van der Waals surface area contributed by atoms with Gasteiger partial charge in [-0.25, -0.2) is 0 Å². The van der Waals surface area contributed by atoms with Gasteiger partial charge in [-0.3, -0.25) is 14.6 Å². The minimum Gasteiger partial charge on any atom is -0.370 e. The Morgan fingerprint density at radius 3 is 2.30 bits per heavy atom. The zero-order valence-corrected chi connectivity index (χ0v) is 17.7. The van der Waals surface area contributed by atoms with Crippen molar-refractivity contribution in [3.63, 3.8) is 0 Å². The fourth-order valence-electron chi connectivity index (χ4n) is 2.85. The number of hydrogen-bond acceptors (Lipinski definition) is 4. The van der Waals surface area contributed by atoms with Gasteiger partial charge in [0.2, 0.25) is 11.8 Å². The van der Waals surface area contributed by atoms with Gasteiger partial charge in [0.25, 0.3) is 0 Å². The van der Waals surface area contributed by atoms with Crippen LogP contribution in [0.15, 0.2) is 4.99 Å². The molecule has 0 bridgehead atoms. The maximum atomic E-state index is 12.9. The molecule has 27 heavy (non-hydrogen) atoms. The quantitative estimate of drug-likeness (QED) is 0.158. The second-order valence-corrected chi connectivity index (χ2v) is 7.00. The third kappa shape index (κ3) is 10.8. The molecule has 158 valence electrons. The number of rotatable bonds is 13. The summed E-state index contributed by atoms with van der Waals surface area (Å²) >= 11 is 0. The van der Waals surface area contributed by atoms with Crippen molar-refractivity contribution in [1.82, 2.24) is 10.6 Å². The van der Waals surface area contributed by atoms with E-state index >= 15 is 0 Å². The van der Waals surface area contributed by atoms with Crippen molar-refractivity contribution in [3.8, 4) is 0 Å². The lowest BCUT2D eigenvalue weighted by atomic mass is 9.84. The minimum absolute atomic E-state index is 0. The van der Waals surface area contributed by atoms with Crippen molar-refractivity contribution in [2.45, 2.75) is 77.8 Å². The van der Waals surface area contributed by atoms with Crippen LogP contribution in [0.25, 0.3) is 0 Å². The van der Waals surface area contributed by atoms with Gasteiger partial charge in [0.1, 0.15) is 11.8 Å². The highest BCUT2D eigenvalue weighted by Crippen LogP contribution is 2.22. The largest absolute Gasteiger partial charge is 0.370 e. The predicted octanol–water partition coefficient (Wildman–Crippen LogP) is 1.26. The van der Waals surface area contributed by atoms with Gasteiger partial charge in [-0.2, -0.15) is 0 Å². The minimum atomic E-state index is -1.01. The molecule has 0 rings (SSSR count). The smallest absolute Gasteiger partial charge is 0.246 e. The molecule has 6 N–H and O–H groups in total. The summed E-state index contributed by atoms with van der Waals surface area (Å²) in [5.74, 6) is -0.269. The number of halogens is 1. The van der Waals surface area contributed by atoms with Gasteiger partial charge in [-0.05, 0) is 38.0 Å². The van der Waals surface area contributed by atoms with Crippen LogP contribution in [0.5, 0.6) is 0 Å². The zero-order valence-electron chi connectivity index (χ0n) is 16.9. The summed E-state index contributed by atoms with van der Waals surface area (Å²) in [6, 6.07) is -0.641. The molecule has 0 saturated carbocycles. The number of aldehydes is 1. The van der Waals surface area contributed by atoms with E-state index in [1.807, 2.05) is 27.7 Å². The van der Waals surface area contributed by atoms with Crippen molar-refractivity contribution in [2.75, 3.05) is 6.54 Å². The number of carbonyl (C=O) groups is 3. The summed E-state index contributed by atoms with van der Waals surface area (Å²) in [7, 11) is 0. The normalized spacial score (nSPS) is 13.7. The molecule has 8 nitrogen and oxygen atoms in total. The Morgan fingerprint density at radius 1 is 1.22 bits per heavy atom. The van der Waals surface area contributed by atoms with Crippen molar-refractivity contribution < 1.29 is 14.4 Å². The number of amides is 2. The number of nitrogens with two attached hydrogens (primary N) is 2. The van der Waals surface area contributed by atoms with Crippen LogP contribution in [0.1, 0.15) is 66.2 Å². The summed E-state index contributed by atoms with van der Waals surface area (Å²) in [6.45, 7) is 8.16. The Kier molecular flexibility index (Phi) is 14.5. The Labute approximate surface area is 168 Å². The van der Waals surface area contributed by atoms with Gasteiger partial charge in [0.15, 0.2) is 5.96 Å². The summed E-state index contributed by atoms with van der Waals surface area (Å²) < 4.78 is 0. The van der Waals surface area contributed by atoms with E-state index in [4.69, 9.17) is 11.5 Å². The molecule has 2 atom stereocenters. The van der Waals surface area contributed by atoms with E-state index in [1.165, 1.54) is 0 Å². The Hall–Kier alpha value is -1.83. The number of carbonyl (C=O) groups excluding carboxylic acids is 3. The van der Waals surface area contributed by atoms with Crippen molar-refractivity contribution >= 4 is 36.5 Å². The first-order valence-electron chi connectivity index (χ1n) is 9.33. The van der Waals surface area contributed by atoms with E-state index in [1.54, 1.807) is 0 Å². The number of aliphatic imine (C=N–C) groups is 1. The first kappa shape index (κ1) is 27.4. The SMILES string of the molecule is CCCC(=O)N[C@@](CC)(CC(C)C)C(=O)N[C@H](C=O)CCCN=C(N)N.Cl. The molecular weight excluding hydrogens is 370 g/mol. The van der Waals surface area contributed by atoms with Gasteiger partial charge in [-0.15, -0.1) is 12.4 Å². The van der Waals surface area contributed by atoms with Crippen molar-refractivity contribution in [2.24, 2.45) is 22.4 Å². The molecule has 9 heteroatoms. The zero-order chi connectivity index (χ0) is 20.2. The molecule has 2 amide bonds. The lowest BCUT2D eigenvalue weighted by Gasteiger charge is -2.35. The summed E-state index contributed by atoms with van der Waals surface area (Å²) in [5.41, 5.74) is 9.51. The topological polar surface area (TPSA) is 140 Å². The van der Waals surface area contributed by atoms with Crippen LogP contribution in [0.3, 0.4) is 0 Å². The first-order valence-corrected chi connectivity index (χ1v) is 9.33. The Bertz CT molecular complexity index is 495. The highest BCUT2D eigenvalue weighted by molar-refractivity contribution is 5.92. The molecule has 0 aromatic rings.